The first-order chi connectivity index (χ1) is 11.5. The first-order valence-electron chi connectivity index (χ1n) is 8.79. The molecule has 0 saturated heterocycles. The number of anilines is 2. The number of carbonyl (C=O) groups is 1. The Morgan fingerprint density at radius 1 is 1.29 bits per heavy atom. The number of nitrogen functional groups attached to an aromatic ring is 1. The molecule has 1 aromatic carbocycles. The molecule has 136 valence electrons. The maximum atomic E-state index is 11.7. The Hall–Kier alpha value is -1.91. The quantitative estimate of drug-likeness (QED) is 0.627. The second-order valence-electron chi connectivity index (χ2n) is 6.45. The van der Waals surface area contributed by atoms with Crippen LogP contribution in [0.2, 0.25) is 0 Å². The predicted molar refractivity (Wildman–Crippen MR) is 99.8 cm³/mol. The van der Waals surface area contributed by atoms with E-state index in [4.69, 9.17) is 15.2 Å². The summed E-state index contributed by atoms with van der Waals surface area (Å²) in [6.45, 7) is 6.53. The Kier molecular flexibility index (Phi) is 8.44. The average molecular weight is 336 g/mol. The number of ether oxygens (including phenoxy) is 2. The normalized spacial score (nSPS) is 19.7. The van der Waals surface area contributed by atoms with Crippen molar-refractivity contribution in [1.82, 2.24) is 0 Å². The molecule has 0 bridgehead atoms. The SMILES string of the molecule is CCC.COC(=O)c1cc(N)c(NC2CCCC(C)C2)cc1OC. The number of esters is 1. The van der Waals surface area contributed by atoms with Gasteiger partial charge in [-0.15, -0.1) is 0 Å². The van der Waals surface area contributed by atoms with Gasteiger partial charge >= 0.3 is 5.97 Å². The van der Waals surface area contributed by atoms with Crippen LogP contribution >= 0.6 is 0 Å². The molecule has 1 saturated carbocycles. The molecule has 0 radical (unpaired) electrons. The molecule has 5 heteroatoms. The highest BCUT2D eigenvalue weighted by Crippen LogP contribution is 2.33. The molecule has 0 spiro atoms. The summed E-state index contributed by atoms with van der Waals surface area (Å²) in [5, 5.41) is 3.48. The van der Waals surface area contributed by atoms with Crippen molar-refractivity contribution < 1.29 is 14.3 Å². The number of carbonyl (C=O) groups excluding carboxylic acids is 1. The van der Waals surface area contributed by atoms with Crippen molar-refractivity contribution >= 4 is 17.3 Å². The summed E-state index contributed by atoms with van der Waals surface area (Å²) in [6, 6.07) is 3.81. The highest BCUT2D eigenvalue weighted by atomic mass is 16.5. The van der Waals surface area contributed by atoms with Gasteiger partial charge in [-0.2, -0.15) is 0 Å². The lowest BCUT2D eigenvalue weighted by molar-refractivity contribution is 0.0597. The number of nitrogens with one attached hydrogen (secondary N) is 1. The Balaban J connectivity index is 0.000000891. The summed E-state index contributed by atoms with van der Waals surface area (Å²) in [4.78, 5) is 11.7. The molecule has 1 fully saturated rings. The van der Waals surface area contributed by atoms with Crippen molar-refractivity contribution in [3.63, 3.8) is 0 Å². The topological polar surface area (TPSA) is 73.6 Å². The summed E-state index contributed by atoms with van der Waals surface area (Å²) in [5.41, 5.74) is 7.77. The lowest BCUT2D eigenvalue weighted by Gasteiger charge is -2.29. The van der Waals surface area contributed by atoms with Crippen LogP contribution in [0.1, 0.15) is 63.2 Å². The van der Waals surface area contributed by atoms with E-state index >= 15 is 0 Å². The lowest BCUT2D eigenvalue weighted by Crippen LogP contribution is -2.26. The zero-order chi connectivity index (χ0) is 18.1. The van der Waals surface area contributed by atoms with E-state index in [0.29, 0.717) is 23.0 Å². The minimum atomic E-state index is -0.448. The van der Waals surface area contributed by atoms with E-state index in [9.17, 15) is 4.79 Å². The molecular weight excluding hydrogens is 304 g/mol. The van der Waals surface area contributed by atoms with Crippen LogP contribution in [-0.2, 0) is 4.74 Å². The fourth-order valence-electron chi connectivity index (χ4n) is 2.95. The molecule has 24 heavy (non-hydrogen) atoms. The standard InChI is InChI=1S/C16H24N2O3.C3H8/c1-10-5-4-6-11(7-10)18-14-9-15(20-2)12(8-13(14)17)16(19)21-3;1-3-2/h8-11,18H,4-7,17H2,1-3H3;3H2,1-2H3. The molecule has 1 aliphatic rings. The number of methoxy groups -OCH3 is 2. The fourth-order valence-corrected chi connectivity index (χ4v) is 2.95. The molecule has 2 rings (SSSR count). The molecular formula is C19H32N2O3. The van der Waals surface area contributed by atoms with Crippen LogP contribution in [-0.4, -0.2) is 26.2 Å². The third-order valence-corrected chi connectivity index (χ3v) is 4.07. The van der Waals surface area contributed by atoms with Gasteiger partial charge in [-0.05, 0) is 24.8 Å². The van der Waals surface area contributed by atoms with Gasteiger partial charge in [0, 0.05) is 12.1 Å². The molecule has 0 amide bonds. The van der Waals surface area contributed by atoms with Gasteiger partial charge in [0.25, 0.3) is 0 Å². The number of benzene rings is 1. The number of hydrogen-bond donors (Lipinski definition) is 2. The highest BCUT2D eigenvalue weighted by Gasteiger charge is 2.21. The lowest BCUT2D eigenvalue weighted by atomic mass is 9.87. The molecule has 1 aromatic rings. The smallest absolute Gasteiger partial charge is 0.341 e. The van der Waals surface area contributed by atoms with E-state index in [-0.39, 0.29) is 0 Å². The van der Waals surface area contributed by atoms with Gasteiger partial charge in [0.15, 0.2) is 0 Å². The van der Waals surface area contributed by atoms with E-state index in [1.165, 1.54) is 33.5 Å². The van der Waals surface area contributed by atoms with Crippen LogP contribution in [0.25, 0.3) is 0 Å². The Bertz CT molecular complexity index is 532. The molecule has 5 nitrogen and oxygen atoms in total. The molecule has 1 aliphatic carbocycles. The Morgan fingerprint density at radius 3 is 2.50 bits per heavy atom. The Morgan fingerprint density at radius 2 is 1.96 bits per heavy atom. The second kappa shape index (κ2) is 10.1. The van der Waals surface area contributed by atoms with Crippen molar-refractivity contribution in [3.05, 3.63) is 17.7 Å². The summed E-state index contributed by atoms with van der Waals surface area (Å²) in [6.07, 6.45) is 6.06. The summed E-state index contributed by atoms with van der Waals surface area (Å²) in [5.74, 6) is 0.757. The first-order valence-corrected chi connectivity index (χ1v) is 8.79. The van der Waals surface area contributed by atoms with E-state index < -0.39 is 5.97 Å². The second-order valence-corrected chi connectivity index (χ2v) is 6.45. The fraction of sp³-hybridized carbons (Fsp3) is 0.632. The minimum Gasteiger partial charge on any atom is -0.496 e. The van der Waals surface area contributed by atoms with Crippen molar-refractivity contribution in [2.24, 2.45) is 5.92 Å². The molecule has 0 aromatic heterocycles. The maximum Gasteiger partial charge on any atom is 0.341 e. The van der Waals surface area contributed by atoms with Crippen LogP contribution < -0.4 is 15.8 Å². The number of nitrogens with two attached hydrogens (primary N) is 1. The van der Waals surface area contributed by atoms with E-state index in [1.807, 2.05) is 0 Å². The van der Waals surface area contributed by atoms with Gasteiger partial charge in [0.05, 0.1) is 25.6 Å². The van der Waals surface area contributed by atoms with Gasteiger partial charge in [0.1, 0.15) is 11.3 Å². The summed E-state index contributed by atoms with van der Waals surface area (Å²) >= 11 is 0. The molecule has 0 heterocycles. The third kappa shape index (κ3) is 5.62. The summed E-state index contributed by atoms with van der Waals surface area (Å²) < 4.78 is 10.0. The van der Waals surface area contributed by atoms with Crippen LogP contribution in [0.5, 0.6) is 5.75 Å². The van der Waals surface area contributed by atoms with Gasteiger partial charge < -0.3 is 20.5 Å². The monoisotopic (exact) mass is 336 g/mol. The van der Waals surface area contributed by atoms with Crippen LogP contribution in [0.3, 0.4) is 0 Å². The van der Waals surface area contributed by atoms with Crippen molar-refractivity contribution in [1.29, 1.82) is 0 Å². The maximum absolute atomic E-state index is 11.7. The van der Waals surface area contributed by atoms with Gasteiger partial charge in [-0.25, -0.2) is 4.79 Å². The largest absolute Gasteiger partial charge is 0.496 e. The minimum absolute atomic E-state index is 0.347. The van der Waals surface area contributed by atoms with E-state index in [0.717, 1.165) is 24.4 Å². The van der Waals surface area contributed by atoms with Crippen molar-refractivity contribution in [3.8, 4) is 5.75 Å². The molecule has 2 atom stereocenters. The van der Waals surface area contributed by atoms with Gasteiger partial charge in [0.2, 0.25) is 0 Å². The average Bonchev–Trinajstić information content (AvgIpc) is 2.56. The highest BCUT2D eigenvalue weighted by molar-refractivity contribution is 5.95. The number of hydrogen-bond acceptors (Lipinski definition) is 5. The van der Waals surface area contributed by atoms with E-state index in [1.54, 1.807) is 12.1 Å². The third-order valence-electron chi connectivity index (χ3n) is 4.07. The van der Waals surface area contributed by atoms with E-state index in [2.05, 4.69) is 26.1 Å². The van der Waals surface area contributed by atoms with Gasteiger partial charge in [-0.1, -0.05) is 40.0 Å². The number of rotatable bonds is 4. The van der Waals surface area contributed by atoms with Gasteiger partial charge in [-0.3, -0.25) is 0 Å². The summed E-state index contributed by atoms with van der Waals surface area (Å²) in [7, 11) is 2.87. The van der Waals surface area contributed by atoms with Crippen molar-refractivity contribution in [2.75, 3.05) is 25.3 Å². The zero-order valence-corrected chi connectivity index (χ0v) is 15.6. The van der Waals surface area contributed by atoms with Crippen molar-refractivity contribution in [2.45, 2.75) is 58.9 Å². The molecule has 3 N–H and O–H groups in total. The van der Waals surface area contributed by atoms with Crippen LogP contribution in [0.4, 0.5) is 11.4 Å². The van der Waals surface area contributed by atoms with Crippen LogP contribution in [0.15, 0.2) is 12.1 Å². The zero-order valence-electron chi connectivity index (χ0n) is 15.6. The predicted octanol–water partition coefficient (Wildman–Crippen LogP) is 4.47. The molecule has 2 unspecified atom stereocenters. The first kappa shape index (κ1) is 20.1. The molecule has 0 aliphatic heterocycles. The van der Waals surface area contributed by atoms with Crippen LogP contribution in [0, 0.1) is 5.92 Å². The Labute approximate surface area is 145 Å².